The average molecular weight is 137 g/mol. The van der Waals surface area contributed by atoms with Crippen molar-refractivity contribution in [3.05, 3.63) is 0 Å². The van der Waals surface area contributed by atoms with Crippen LogP contribution in [0.3, 0.4) is 0 Å². The van der Waals surface area contributed by atoms with Crippen molar-refractivity contribution in [1.29, 1.82) is 0 Å². The Morgan fingerprint density at radius 1 is 1.00 bits per heavy atom. The Balaban J connectivity index is 1.82. The molecule has 0 heterocycles. The van der Waals surface area contributed by atoms with Crippen LogP contribution in [0.1, 0.15) is 38.5 Å². The quantitative estimate of drug-likeness (QED) is 0.584. The Labute approximate surface area is 62.0 Å². The van der Waals surface area contributed by atoms with Crippen LogP contribution in [-0.4, -0.2) is 5.54 Å². The van der Waals surface area contributed by atoms with Gasteiger partial charge in [-0.05, 0) is 49.9 Å². The lowest BCUT2D eigenvalue weighted by Gasteiger charge is -2.41. The van der Waals surface area contributed by atoms with Crippen molar-refractivity contribution < 1.29 is 0 Å². The van der Waals surface area contributed by atoms with Gasteiger partial charge in [0.05, 0.1) is 0 Å². The summed E-state index contributed by atoms with van der Waals surface area (Å²) in [6.45, 7) is 0. The van der Waals surface area contributed by atoms with E-state index < -0.39 is 0 Å². The highest BCUT2D eigenvalue weighted by molar-refractivity contribution is 5.18. The molecule has 0 bridgehead atoms. The minimum atomic E-state index is 0.342. The van der Waals surface area contributed by atoms with Crippen molar-refractivity contribution in [2.75, 3.05) is 0 Å². The van der Waals surface area contributed by atoms with E-state index in [0.29, 0.717) is 5.54 Å². The van der Waals surface area contributed by atoms with Crippen LogP contribution in [0.25, 0.3) is 0 Å². The van der Waals surface area contributed by atoms with Gasteiger partial charge in [-0.1, -0.05) is 0 Å². The largest absolute Gasteiger partial charge is 0.325 e. The minimum Gasteiger partial charge on any atom is -0.325 e. The summed E-state index contributed by atoms with van der Waals surface area (Å²) in [6.07, 6.45) is 8.57. The third-order valence-corrected chi connectivity index (χ3v) is 4.08. The molecule has 0 aromatic heterocycles. The van der Waals surface area contributed by atoms with Crippen LogP contribution >= 0.6 is 0 Å². The Morgan fingerprint density at radius 2 is 1.70 bits per heavy atom. The maximum absolute atomic E-state index is 6.17. The molecule has 0 aliphatic heterocycles. The first kappa shape index (κ1) is 5.59. The highest BCUT2D eigenvalue weighted by Gasteiger charge is 2.64. The molecule has 10 heavy (non-hydrogen) atoms. The van der Waals surface area contributed by atoms with E-state index in [0.717, 1.165) is 11.3 Å². The van der Waals surface area contributed by atoms with Crippen LogP contribution < -0.4 is 5.73 Å². The van der Waals surface area contributed by atoms with E-state index in [-0.39, 0.29) is 0 Å². The zero-order valence-electron chi connectivity index (χ0n) is 6.40. The maximum atomic E-state index is 6.17. The average Bonchev–Trinajstić information content (AvgIpc) is 2.59. The molecule has 3 fully saturated rings. The zero-order chi connectivity index (χ0) is 6.82. The van der Waals surface area contributed by atoms with Gasteiger partial charge in [-0.3, -0.25) is 0 Å². The van der Waals surface area contributed by atoms with E-state index in [9.17, 15) is 0 Å². The third kappa shape index (κ3) is 0.493. The van der Waals surface area contributed by atoms with Crippen molar-refractivity contribution in [2.24, 2.45) is 17.1 Å². The molecule has 0 aromatic carbocycles. The van der Waals surface area contributed by atoms with Crippen molar-refractivity contribution >= 4 is 0 Å². The van der Waals surface area contributed by atoms with Crippen LogP contribution in [0.5, 0.6) is 0 Å². The molecule has 1 atom stereocenters. The third-order valence-electron chi connectivity index (χ3n) is 4.08. The molecule has 0 saturated heterocycles. The van der Waals surface area contributed by atoms with E-state index >= 15 is 0 Å². The summed E-state index contributed by atoms with van der Waals surface area (Å²) in [5.74, 6) is 0.944. The lowest BCUT2D eigenvalue weighted by Crippen LogP contribution is -2.44. The number of nitrogens with two attached hydrogens (primary N) is 1. The lowest BCUT2D eigenvalue weighted by molar-refractivity contribution is 0.107. The van der Waals surface area contributed by atoms with E-state index in [1.165, 1.54) is 38.5 Å². The Morgan fingerprint density at radius 3 is 2.00 bits per heavy atom. The molecule has 0 amide bonds. The van der Waals surface area contributed by atoms with E-state index in [1.807, 2.05) is 0 Å². The molecular formula is C9H15N. The summed E-state index contributed by atoms with van der Waals surface area (Å²) in [6, 6.07) is 0. The SMILES string of the molecule is NC1(C2CCC23CC3)CC1. The molecule has 3 rings (SSSR count). The van der Waals surface area contributed by atoms with Crippen LogP contribution in [0.2, 0.25) is 0 Å². The highest BCUT2D eigenvalue weighted by Crippen LogP contribution is 2.70. The molecule has 0 radical (unpaired) electrons. The zero-order valence-corrected chi connectivity index (χ0v) is 6.40. The molecular weight excluding hydrogens is 122 g/mol. The second-order valence-corrected chi connectivity index (χ2v) is 4.69. The fraction of sp³-hybridized carbons (Fsp3) is 1.00. The fourth-order valence-electron chi connectivity index (χ4n) is 2.85. The van der Waals surface area contributed by atoms with Crippen LogP contribution in [0, 0.1) is 11.3 Å². The van der Waals surface area contributed by atoms with Gasteiger partial charge in [0, 0.05) is 5.54 Å². The van der Waals surface area contributed by atoms with Gasteiger partial charge in [-0.15, -0.1) is 0 Å². The van der Waals surface area contributed by atoms with E-state index in [4.69, 9.17) is 5.73 Å². The monoisotopic (exact) mass is 137 g/mol. The van der Waals surface area contributed by atoms with Gasteiger partial charge < -0.3 is 5.73 Å². The van der Waals surface area contributed by atoms with Crippen molar-refractivity contribution in [2.45, 2.75) is 44.1 Å². The molecule has 3 saturated carbocycles. The van der Waals surface area contributed by atoms with Gasteiger partial charge >= 0.3 is 0 Å². The first-order chi connectivity index (χ1) is 4.75. The standard InChI is InChI=1S/C9H15N/c10-9(5-6-9)7-1-2-8(7)3-4-8/h7H,1-6,10H2. The van der Waals surface area contributed by atoms with Crippen LogP contribution in [-0.2, 0) is 0 Å². The topological polar surface area (TPSA) is 26.0 Å². The van der Waals surface area contributed by atoms with Gasteiger partial charge in [0.25, 0.3) is 0 Å². The second kappa shape index (κ2) is 1.29. The fourth-order valence-corrected chi connectivity index (χ4v) is 2.85. The molecule has 1 nitrogen and oxygen atoms in total. The maximum Gasteiger partial charge on any atom is 0.0189 e. The van der Waals surface area contributed by atoms with Crippen molar-refractivity contribution in [3.63, 3.8) is 0 Å². The predicted octanol–water partition coefficient (Wildman–Crippen LogP) is 1.67. The minimum absolute atomic E-state index is 0.342. The number of hydrogen-bond donors (Lipinski definition) is 1. The second-order valence-electron chi connectivity index (χ2n) is 4.69. The molecule has 2 N–H and O–H groups in total. The number of rotatable bonds is 1. The molecule has 0 aromatic rings. The molecule has 1 unspecified atom stereocenters. The van der Waals surface area contributed by atoms with E-state index in [2.05, 4.69) is 0 Å². The van der Waals surface area contributed by atoms with Crippen LogP contribution in [0.15, 0.2) is 0 Å². The summed E-state index contributed by atoms with van der Waals surface area (Å²) in [5.41, 5.74) is 7.32. The van der Waals surface area contributed by atoms with Crippen LogP contribution in [0.4, 0.5) is 0 Å². The first-order valence-electron chi connectivity index (χ1n) is 4.54. The Kier molecular flexibility index (Phi) is 0.722. The van der Waals surface area contributed by atoms with Gasteiger partial charge in [-0.25, -0.2) is 0 Å². The molecule has 1 heteroatoms. The first-order valence-corrected chi connectivity index (χ1v) is 4.54. The molecule has 3 aliphatic carbocycles. The Hall–Kier alpha value is -0.0400. The summed E-state index contributed by atoms with van der Waals surface area (Å²) >= 11 is 0. The van der Waals surface area contributed by atoms with Crippen molar-refractivity contribution in [1.82, 2.24) is 0 Å². The summed E-state index contributed by atoms with van der Waals surface area (Å²) in [7, 11) is 0. The van der Waals surface area contributed by atoms with Gasteiger partial charge in [0.2, 0.25) is 0 Å². The van der Waals surface area contributed by atoms with Gasteiger partial charge in [0.1, 0.15) is 0 Å². The molecule has 56 valence electrons. The normalized spacial score (nSPS) is 44.7. The molecule has 1 spiro atoms. The van der Waals surface area contributed by atoms with Crippen molar-refractivity contribution in [3.8, 4) is 0 Å². The summed E-state index contributed by atoms with van der Waals surface area (Å²) in [4.78, 5) is 0. The summed E-state index contributed by atoms with van der Waals surface area (Å²) in [5, 5.41) is 0. The lowest BCUT2D eigenvalue weighted by atomic mass is 9.65. The summed E-state index contributed by atoms with van der Waals surface area (Å²) < 4.78 is 0. The number of hydrogen-bond acceptors (Lipinski definition) is 1. The van der Waals surface area contributed by atoms with Gasteiger partial charge in [0.15, 0.2) is 0 Å². The Bertz CT molecular complexity index is 165. The predicted molar refractivity (Wildman–Crippen MR) is 40.5 cm³/mol. The highest BCUT2D eigenvalue weighted by atomic mass is 14.9. The smallest absolute Gasteiger partial charge is 0.0189 e. The van der Waals surface area contributed by atoms with E-state index in [1.54, 1.807) is 0 Å². The van der Waals surface area contributed by atoms with Gasteiger partial charge in [-0.2, -0.15) is 0 Å². The molecule has 3 aliphatic rings.